The van der Waals surface area contributed by atoms with Crippen molar-refractivity contribution in [3.05, 3.63) is 0 Å². The molecule has 0 fully saturated rings. The Kier molecular flexibility index (Phi) is 18.4. The van der Waals surface area contributed by atoms with E-state index in [-0.39, 0.29) is 0 Å². The van der Waals surface area contributed by atoms with Crippen molar-refractivity contribution < 1.29 is 40.3 Å². The summed E-state index contributed by atoms with van der Waals surface area (Å²) in [5.41, 5.74) is 3.87. The number of hydrogen-bond acceptors (Lipinski definition) is 7. The molecule has 0 heterocycles. The van der Waals surface area contributed by atoms with Gasteiger partial charge in [-0.25, -0.2) is 8.42 Å². The summed E-state index contributed by atoms with van der Waals surface area (Å²) in [5.74, 6) is 0. The highest BCUT2D eigenvalue weighted by atomic mass is 32.3. The van der Waals surface area contributed by atoms with Crippen LogP contribution in [0.2, 0.25) is 0 Å². The molecule has 0 aromatic rings. The Labute approximate surface area is 152 Å². The molecule has 0 bridgehead atoms. The highest BCUT2D eigenvalue weighted by molar-refractivity contribution is 7.83. The van der Waals surface area contributed by atoms with Gasteiger partial charge in [0.2, 0.25) is 10.4 Å². The molecule has 25 heavy (non-hydrogen) atoms. The van der Waals surface area contributed by atoms with Crippen molar-refractivity contribution >= 4 is 20.8 Å². The molecule has 11 heteroatoms. The van der Waals surface area contributed by atoms with Gasteiger partial charge in [-0.2, -0.15) is 8.42 Å². The lowest BCUT2D eigenvalue weighted by atomic mass is 10.1. The Balaban J connectivity index is 0. The zero-order valence-corrected chi connectivity index (χ0v) is 16.7. The minimum Gasteiger partial charge on any atom is -0.724 e. The van der Waals surface area contributed by atoms with E-state index < -0.39 is 20.8 Å². The molecular formula is C14H33NO8S2. The van der Waals surface area contributed by atoms with Crippen molar-refractivity contribution in [2.45, 2.75) is 84.0 Å². The quantitative estimate of drug-likeness (QED) is 0.137. The van der Waals surface area contributed by atoms with Crippen LogP contribution in [0.4, 0.5) is 0 Å². The maximum atomic E-state index is 9.48. The van der Waals surface area contributed by atoms with Gasteiger partial charge in [-0.15, -0.1) is 0 Å². The summed E-state index contributed by atoms with van der Waals surface area (Å²) in [4.78, 5) is 0. The van der Waals surface area contributed by atoms with Crippen LogP contribution in [-0.4, -0.2) is 32.5 Å². The number of unbranched alkanes of at least 4 members (excludes halogenated alkanes) is 11. The van der Waals surface area contributed by atoms with Crippen LogP contribution in [0.3, 0.4) is 0 Å². The van der Waals surface area contributed by atoms with Gasteiger partial charge in [0.25, 0.3) is 0 Å². The van der Waals surface area contributed by atoms with Crippen LogP contribution >= 0.6 is 0 Å². The van der Waals surface area contributed by atoms with E-state index in [0.29, 0.717) is 0 Å². The average Bonchev–Trinajstić information content (AvgIpc) is 2.50. The van der Waals surface area contributed by atoms with Crippen LogP contribution in [-0.2, 0) is 29.5 Å². The summed E-state index contributed by atoms with van der Waals surface area (Å²) in [5, 5.41) is 0. The van der Waals surface area contributed by atoms with E-state index in [1.54, 1.807) is 0 Å². The Morgan fingerprint density at radius 3 is 1.36 bits per heavy atom. The predicted molar refractivity (Wildman–Crippen MR) is 92.2 cm³/mol. The maximum absolute atomic E-state index is 9.48. The van der Waals surface area contributed by atoms with Crippen molar-refractivity contribution in [1.29, 1.82) is 0 Å². The highest BCUT2D eigenvalue weighted by Gasteiger charge is 2.07. The lowest BCUT2D eigenvalue weighted by Gasteiger charge is -2.01. The summed E-state index contributed by atoms with van der Waals surface area (Å²) in [6, 6.07) is 0. The van der Waals surface area contributed by atoms with Crippen molar-refractivity contribution in [1.82, 2.24) is 0 Å². The predicted octanol–water partition coefficient (Wildman–Crippen LogP) is 2.13. The topological polar surface area (TPSA) is 158 Å². The van der Waals surface area contributed by atoms with E-state index in [2.05, 4.69) is 21.3 Å². The third kappa shape index (κ3) is 31.9. The summed E-state index contributed by atoms with van der Waals surface area (Å²) in [6.07, 6.45) is 17.2. The van der Waals surface area contributed by atoms with Crippen molar-refractivity contribution in [2.75, 3.05) is 6.54 Å². The molecule has 0 spiro atoms. The van der Waals surface area contributed by atoms with Crippen molar-refractivity contribution in [3.8, 4) is 0 Å². The minimum absolute atomic E-state index is 1.12. The summed E-state index contributed by atoms with van der Waals surface area (Å²) in [7, 11) is -10.3. The zero-order chi connectivity index (χ0) is 19.6. The van der Waals surface area contributed by atoms with Gasteiger partial charge in [0.15, 0.2) is 0 Å². The summed E-state index contributed by atoms with van der Waals surface area (Å²) < 4.78 is 60.2. The molecule has 0 aliphatic carbocycles. The van der Waals surface area contributed by atoms with E-state index in [4.69, 9.17) is 4.55 Å². The number of hydrogen-bond donors (Lipinski definition) is 2. The molecule has 0 aliphatic heterocycles. The Morgan fingerprint density at radius 2 is 1.12 bits per heavy atom. The smallest absolute Gasteiger partial charge is 0.425 e. The number of quaternary nitrogens is 1. The lowest BCUT2D eigenvalue weighted by molar-refractivity contribution is -0.368. The average molecular weight is 408 g/mol. The SMILES string of the molecule is CCCCCCCCCCCCCC[NH3+].O=S(=O)([O-])OOS(=O)(=O)O. The molecule has 0 aromatic carbocycles. The Hall–Kier alpha value is -0.300. The van der Waals surface area contributed by atoms with Crippen LogP contribution in [0.25, 0.3) is 0 Å². The van der Waals surface area contributed by atoms with Crippen LogP contribution < -0.4 is 5.73 Å². The molecule has 9 nitrogen and oxygen atoms in total. The molecule has 0 aliphatic rings. The molecule has 0 amide bonds. The highest BCUT2D eigenvalue weighted by Crippen LogP contribution is 2.11. The fourth-order valence-electron chi connectivity index (χ4n) is 2.09. The van der Waals surface area contributed by atoms with E-state index in [1.165, 1.54) is 77.0 Å². The van der Waals surface area contributed by atoms with Gasteiger partial charge in [0.05, 0.1) is 6.54 Å². The van der Waals surface area contributed by atoms with E-state index in [1.807, 2.05) is 0 Å². The second kappa shape index (κ2) is 17.1. The van der Waals surface area contributed by atoms with Gasteiger partial charge in [-0.05, 0) is 12.8 Å². The molecule has 0 rings (SSSR count). The van der Waals surface area contributed by atoms with Gasteiger partial charge < -0.3 is 10.3 Å². The third-order valence-electron chi connectivity index (χ3n) is 3.30. The van der Waals surface area contributed by atoms with Gasteiger partial charge in [0, 0.05) is 0 Å². The maximum Gasteiger partial charge on any atom is 0.425 e. The van der Waals surface area contributed by atoms with Crippen LogP contribution in [0, 0.1) is 0 Å². The first kappa shape index (κ1) is 26.9. The Bertz CT molecular complexity index is 435. The standard InChI is InChI=1S/C14H31N.H2O8S2/c1-2-3-4-5-6-7-8-9-10-11-12-13-14-15;1-9(2,3)7-8-10(4,5)6/h2-15H2,1H3;(H,1,2,3)(H,4,5,6). The molecule has 0 saturated carbocycles. The fraction of sp³-hybridized carbons (Fsp3) is 1.00. The van der Waals surface area contributed by atoms with Crippen molar-refractivity contribution in [3.63, 3.8) is 0 Å². The first-order valence-electron chi connectivity index (χ1n) is 8.72. The van der Waals surface area contributed by atoms with Gasteiger partial charge in [-0.1, -0.05) is 79.8 Å². The zero-order valence-electron chi connectivity index (χ0n) is 15.0. The summed E-state index contributed by atoms with van der Waals surface area (Å²) in [6.45, 7) is 3.41. The van der Waals surface area contributed by atoms with Gasteiger partial charge in [-0.3, -0.25) is 4.55 Å². The lowest BCUT2D eigenvalue weighted by Crippen LogP contribution is -2.50. The molecule has 4 N–H and O–H groups in total. The largest absolute Gasteiger partial charge is 0.724 e. The van der Waals surface area contributed by atoms with Gasteiger partial charge >= 0.3 is 10.4 Å². The number of rotatable bonds is 15. The third-order valence-corrected chi connectivity index (χ3v) is 3.86. The molecule has 0 atom stereocenters. The molecule has 0 saturated heterocycles. The Morgan fingerprint density at radius 1 is 0.760 bits per heavy atom. The molecular weight excluding hydrogens is 374 g/mol. The monoisotopic (exact) mass is 407 g/mol. The molecule has 0 unspecified atom stereocenters. The first-order chi connectivity index (χ1) is 11.6. The minimum atomic E-state index is -5.27. The molecule has 0 radical (unpaired) electrons. The second-order valence-corrected chi connectivity index (χ2v) is 7.66. The normalized spacial score (nSPS) is 11.8. The van der Waals surface area contributed by atoms with Gasteiger partial charge in [0.1, 0.15) is 0 Å². The molecule has 0 aromatic heterocycles. The molecule has 154 valence electrons. The van der Waals surface area contributed by atoms with E-state index in [0.717, 1.165) is 6.54 Å². The van der Waals surface area contributed by atoms with E-state index >= 15 is 0 Å². The van der Waals surface area contributed by atoms with Crippen LogP contribution in [0.5, 0.6) is 0 Å². The first-order valence-corrected chi connectivity index (χ1v) is 11.4. The van der Waals surface area contributed by atoms with E-state index in [9.17, 15) is 21.4 Å². The fourth-order valence-corrected chi connectivity index (χ4v) is 2.64. The van der Waals surface area contributed by atoms with Crippen molar-refractivity contribution in [2.24, 2.45) is 0 Å². The summed E-state index contributed by atoms with van der Waals surface area (Å²) >= 11 is 0. The second-order valence-electron chi connectivity index (χ2n) is 5.71. The van der Waals surface area contributed by atoms with Crippen LogP contribution in [0.15, 0.2) is 0 Å². The van der Waals surface area contributed by atoms with Crippen LogP contribution in [0.1, 0.15) is 84.0 Å².